The summed E-state index contributed by atoms with van der Waals surface area (Å²) in [5.41, 5.74) is 1.05. The second-order valence-electron chi connectivity index (χ2n) is 8.51. The maximum Gasteiger partial charge on any atom is 0.322 e. The number of carbonyl (C=O) groups is 2. The van der Waals surface area contributed by atoms with Crippen LogP contribution in [0.2, 0.25) is 0 Å². The van der Waals surface area contributed by atoms with Gasteiger partial charge in [-0.05, 0) is 6.92 Å². The maximum atomic E-state index is 13.5. The molecule has 0 aliphatic carbocycles. The lowest BCUT2D eigenvalue weighted by Gasteiger charge is -2.35. The number of halogens is 3. The molecular formula is C22H21F3N6O3. The van der Waals surface area contributed by atoms with Crippen molar-refractivity contribution >= 4 is 23.3 Å². The second-order valence-corrected chi connectivity index (χ2v) is 8.51. The quantitative estimate of drug-likeness (QED) is 0.586. The molecule has 1 aromatic carbocycles. The van der Waals surface area contributed by atoms with Crippen LogP contribution in [0.3, 0.4) is 0 Å². The summed E-state index contributed by atoms with van der Waals surface area (Å²) in [7, 11) is 0. The number of nitrogens with zero attached hydrogens (tertiary/aromatic N) is 5. The lowest BCUT2D eigenvalue weighted by Crippen LogP contribution is -2.47. The number of anilines is 2. The number of oxazole rings is 1. The average molecular weight is 474 g/mol. The molecular weight excluding hydrogens is 453 g/mol. The molecule has 0 radical (unpaired) electrons. The first kappa shape index (κ1) is 22.0. The summed E-state index contributed by atoms with van der Waals surface area (Å²) in [5.74, 6) is -3.47. The van der Waals surface area contributed by atoms with Crippen LogP contribution in [-0.4, -0.2) is 44.2 Å². The zero-order valence-electron chi connectivity index (χ0n) is 18.4. The normalized spacial score (nSPS) is 20.1. The van der Waals surface area contributed by atoms with Gasteiger partial charge in [0.1, 0.15) is 5.76 Å². The second kappa shape index (κ2) is 8.19. The Bertz CT molecular complexity index is 1270. The van der Waals surface area contributed by atoms with Gasteiger partial charge in [0.2, 0.25) is 5.91 Å². The number of urea groups is 1. The third-order valence-electron chi connectivity index (χ3n) is 6.17. The predicted molar refractivity (Wildman–Crippen MR) is 114 cm³/mol. The molecule has 3 aromatic rings. The topological polar surface area (TPSA) is 96.5 Å². The number of nitrogens with one attached hydrogen (secondary N) is 1. The Morgan fingerprint density at radius 2 is 1.91 bits per heavy atom. The van der Waals surface area contributed by atoms with E-state index in [2.05, 4.69) is 15.4 Å². The molecule has 0 spiro atoms. The predicted octanol–water partition coefficient (Wildman–Crippen LogP) is 3.55. The van der Waals surface area contributed by atoms with E-state index in [1.54, 1.807) is 35.8 Å². The summed E-state index contributed by atoms with van der Waals surface area (Å²) in [6.07, 6.45) is 3.49. The summed E-state index contributed by atoms with van der Waals surface area (Å²) in [6, 6.07) is 0.526. The van der Waals surface area contributed by atoms with Gasteiger partial charge in [0, 0.05) is 43.6 Å². The van der Waals surface area contributed by atoms with Gasteiger partial charge in [-0.3, -0.25) is 9.48 Å². The lowest BCUT2D eigenvalue weighted by molar-refractivity contribution is -0.117. The van der Waals surface area contributed by atoms with Crippen LogP contribution in [0.25, 0.3) is 0 Å². The molecule has 9 nitrogen and oxygen atoms in total. The summed E-state index contributed by atoms with van der Waals surface area (Å²) < 4.78 is 47.6. The van der Waals surface area contributed by atoms with E-state index in [1.165, 1.54) is 4.90 Å². The van der Waals surface area contributed by atoms with Gasteiger partial charge >= 0.3 is 6.03 Å². The monoisotopic (exact) mass is 474 g/mol. The van der Waals surface area contributed by atoms with Crippen molar-refractivity contribution in [2.75, 3.05) is 16.8 Å². The summed E-state index contributed by atoms with van der Waals surface area (Å²) in [4.78, 5) is 32.9. The van der Waals surface area contributed by atoms with Crippen molar-refractivity contribution < 1.29 is 27.2 Å². The molecule has 1 fully saturated rings. The molecule has 0 bridgehead atoms. The molecule has 1 unspecified atom stereocenters. The molecule has 178 valence electrons. The van der Waals surface area contributed by atoms with Crippen LogP contribution in [0, 0.1) is 24.4 Å². The van der Waals surface area contributed by atoms with Crippen LogP contribution in [0.1, 0.15) is 36.6 Å². The van der Waals surface area contributed by atoms with Gasteiger partial charge in [-0.15, -0.1) is 0 Å². The number of rotatable bonds is 3. The number of fused-ring (bicyclic) bond motifs is 1. The minimum absolute atomic E-state index is 0.0956. The van der Waals surface area contributed by atoms with Gasteiger partial charge < -0.3 is 19.5 Å². The first-order valence-electron chi connectivity index (χ1n) is 10.7. The standard InChI is InChI=1S/C22H21F3N6O3/c1-11-8-31-18(10-29(11)22(33)28-14-4-15(23)21(25)16(24)5-14)17(6-27-31)30-9-13(3-20(30)32)19-7-26-12(2)34-19/h4-7,11,13H,3,8-10H2,1-2H3,(H,28,33)/t11-,13?/m0/s1. The van der Waals surface area contributed by atoms with Gasteiger partial charge in [0.15, 0.2) is 23.3 Å². The van der Waals surface area contributed by atoms with E-state index in [9.17, 15) is 22.8 Å². The van der Waals surface area contributed by atoms with Crippen LogP contribution < -0.4 is 10.2 Å². The molecule has 4 heterocycles. The maximum absolute atomic E-state index is 13.5. The summed E-state index contributed by atoms with van der Waals surface area (Å²) >= 11 is 0. The molecule has 1 N–H and O–H groups in total. The third-order valence-corrected chi connectivity index (χ3v) is 6.17. The number of aromatic nitrogens is 3. The molecule has 12 heteroatoms. The molecule has 0 saturated carbocycles. The molecule has 34 heavy (non-hydrogen) atoms. The SMILES string of the molecule is Cc1ncc(C2CC(=O)N(c3cnn4c3CN(C(=O)Nc3cc(F)c(F)c(F)c3)[C@@H](C)C4)C2)o1. The van der Waals surface area contributed by atoms with Crippen LogP contribution in [-0.2, 0) is 17.9 Å². The summed E-state index contributed by atoms with van der Waals surface area (Å²) in [6.45, 7) is 4.41. The number of benzene rings is 1. The number of aryl methyl sites for hydroxylation is 1. The zero-order chi connectivity index (χ0) is 24.1. The van der Waals surface area contributed by atoms with E-state index in [1.807, 2.05) is 0 Å². The Hall–Kier alpha value is -3.83. The number of hydrogen-bond acceptors (Lipinski definition) is 5. The molecule has 3 amide bonds. The fourth-order valence-electron chi connectivity index (χ4n) is 4.40. The minimum Gasteiger partial charge on any atom is -0.446 e. The number of hydrogen-bond donors (Lipinski definition) is 1. The van der Waals surface area contributed by atoms with E-state index in [0.29, 0.717) is 36.1 Å². The van der Waals surface area contributed by atoms with E-state index in [4.69, 9.17) is 4.42 Å². The first-order valence-corrected chi connectivity index (χ1v) is 10.7. The zero-order valence-corrected chi connectivity index (χ0v) is 18.4. The van der Waals surface area contributed by atoms with Crippen molar-refractivity contribution in [3.05, 3.63) is 59.3 Å². The van der Waals surface area contributed by atoms with Gasteiger partial charge in [-0.1, -0.05) is 0 Å². The highest BCUT2D eigenvalue weighted by molar-refractivity contribution is 5.97. The van der Waals surface area contributed by atoms with Gasteiger partial charge in [0.05, 0.1) is 42.9 Å². The molecule has 1 saturated heterocycles. The van der Waals surface area contributed by atoms with Crippen molar-refractivity contribution in [1.82, 2.24) is 19.7 Å². The van der Waals surface area contributed by atoms with Crippen LogP contribution in [0.15, 0.2) is 28.9 Å². The van der Waals surface area contributed by atoms with E-state index in [-0.39, 0.29) is 36.5 Å². The minimum atomic E-state index is -1.60. The Morgan fingerprint density at radius 1 is 1.18 bits per heavy atom. The van der Waals surface area contributed by atoms with E-state index in [0.717, 1.165) is 12.1 Å². The number of carbonyl (C=O) groups excluding carboxylic acids is 2. The van der Waals surface area contributed by atoms with Crippen molar-refractivity contribution in [3.8, 4) is 0 Å². The van der Waals surface area contributed by atoms with Gasteiger partial charge in [0.25, 0.3) is 0 Å². The van der Waals surface area contributed by atoms with Gasteiger partial charge in [-0.25, -0.2) is 22.9 Å². The Labute approximate surface area is 192 Å². The smallest absolute Gasteiger partial charge is 0.322 e. The Balaban J connectivity index is 1.36. The fourth-order valence-corrected chi connectivity index (χ4v) is 4.40. The Kier molecular flexibility index (Phi) is 5.29. The largest absolute Gasteiger partial charge is 0.446 e. The van der Waals surface area contributed by atoms with Gasteiger partial charge in [-0.2, -0.15) is 5.10 Å². The van der Waals surface area contributed by atoms with Crippen molar-refractivity contribution in [3.63, 3.8) is 0 Å². The van der Waals surface area contributed by atoms with Crippen LogP contribution in [0.5, 0.6) is 0 Å². The third kappa shape index (κ3) is 3.78. The molecule has 2 aliphatic heterocycles. The van der Waals surface area contributed by atoms with Crippen molar-refractivity contribution in [2.45, 2.75) is 45.3 Å². The molecule has 5 rings (SSSR count). The Morgan fingerprint density at radius 3 is 2.59 bits per heavy atom. The lowest BCUT2D eigenvalue weighted by atomic mass is 10.1. The van der Waals surface area contributed by atoms with Crippen molar-refractivity contribution in [2.24, 2.45) is 0 Å². The highest BCUT2D eigenvalue weighted by Crippen LogP contribution is 2.35. The van der Waals surface area contributed by atoms with Crippen molar-refractivity contribution in [1.29, 1.82) is 0 Å². The van der Waals surface area contributed by atoms with Crippen LogP contribution >= 0.6 is 0 Å². The molecule has 2 aromatic heterocycles. The highest BCUT2D eigenvalue weighted by Gasteiger charge is 2.38. The number of amides is 3. The average Bonchev–Trinajstić information content (AvgIpc) is 3.49. The highest BCUT2D eigenvalue weighted by atomic mass is 19.2. The summed E-state index contributed by atoms with van der Waals surface area (Å²) in [5, 5.41) is 6.80. The fraction of sp³-hybridized carbons (Fsp3) is 0.364. The van der Waals surface area contributed by atoms with E-state index < -0.39 is 23.5 Å². The first-order chi connectivity index (χ1) is 16.2. The van der Waals surface area contributed by atoms with E-state index >= 15 is 0 Å². The molecule has 2 atom stereocenters. The van der Waals surface area contributed by atoms with Crippen LogP contribution in [0.4, 0.5) is 29.3 Å². The molecule has 2 aliphatic rings.